The Morgan fingerprint density at radius 1 is 1.30 bits per heavy atom. The van der Waals surface area contributed by atoms with Crippen LogP contribution in [0.2, 0.25) is 0 Å². The van der Waals surface area contributed by atoms with E-state index in [0.29, 0.717) is 23.7 Å². The molecule has 2 N–H and O–H groups in total. The number of amides is 1. The van der Waals surface area contributed by atoms with Crippen molar-refractivity contribution < 1.29 is 9.53 Å². The number of thioether (sulfide) groups is 1. The Morgan fingerprint density at radius 3 is 2.63 bits per heavy atom. The number of benzene rings is 1. The maximum Gasteiger partial charge on any atom is 0.270 e. The fourth-order valence-corrected chi connectivity index (χ4v) is 4.45. The fraction of sp³-hybridized carbons (Fsp3) is 0.400. The predicted molar refractivity (Wildman–Crippen MR) is 110 cm³/mol. The Morgan fingerprint density at radius 2 is 2.00 bits per heavy atom. The first-order chi connectivity index (χ1) is 13.1. The molecule has 2 heterocycles. The highest BCUT2D eigenvalue weighted by Gasteiger charge is 2.31. The SMILES string of the molecule is C=CCOc1ccc([C@@H]2SCC(=O)Nc3c2c(=O)[nH]n3C(CC)CC)cc1. The van der Waals surface area contributed by atoms with E-state index in [1.54, 1.807) is 6.08 Å². The van der Waals surface area contributed by atoms with E-state index in [9.17, 15) is 9.59 Å². The first kappa shape index (κ1) is 19.4. The molecule has 0 saturated carbocycles. The van der Waals surface area contributed by atoms with Crippen LogP contribution in [0.4, 0.5) is 5.82 Å². The number of H-pyrrole nitrogens is 1. The molecule has 2 aromatic rings. The zero-order chi connectivity index (χ0) is 19.4. The zero-order valence-corrected chi connectivity index (χ0v) is 16.5. The van der Waals surface area contributed by atoms with Crippen molar-refractivity contribution in [2.24, 2.45) is 0 Å². The molecule has 1 aromatic carbocycles. The highest BCUT2D eigenvalue weighted by molar-refractivity contribution is 8.00. The molecular formula is C20H25N3O3S. The zero-order valence-electron chi connectivity index (χ0n) is 15.7. The van der Waals surface area contributed by atoms with Crippen molar-refractivity contribution in [1.82, 2.24) is 9.78 Å². The molecule has 1 atom stereocenters. The Kier molecular flexibility index (Phi) is 6.11. The van der Waals surface area contributed by atoms with Crippen LogP contribution >= 0.6 is 11.8 Å². The first-order valence-electron chi connectivity index (χ1n) is 9.18. The maximum absolute atomic E-state index is 12.8. The van der Waals surface area contributed by atoms with Crippen molar-refractivity contribution in [3.63, 3.8) is 0 Å². The lowest BCUT2D eigenvalue weighted by atomic mass is 10.1. The lowest BCUT2D eigenvalue weighted by molar-refractivity contribution is -0.113. The molecule has 0 bridgehead atoms. The van der Waals surface area contributed by atoms with E-state index in [1.165, 1.54) is 11.8 Å². The molecule has 1 aromatic heterocycles. The van der Waals surface area contributed by atoms with Crippen molar-refractivity contribution in [3.8, 4) is 5.75 Å². The number of fused-ring (bicyclic) bond motifs is 1. The molecular weight excluding hydrogens is 362 g/mol. The summed E-state index contributed by atoms with van der Waals surface area (Å²) in [5.41, 5.74) is 1.43. The highest BCUT2D eigenvalue weighted by Crippen LogP contribution is 2.41. The van der Waals surface area contributed by atoms with Gasteiger partial charge in [-0.25, -0.2) is 0 Å². The summed E-state index contributed by atoms with van der Waals surface area (Å²) >= 11 is 1.46. The van der Waals surface area contributed by atoms with Crippen LogP contribution in [0.25, 0.3) is 0 Å². The van der Waals surface area contributed by atoms with E-state index in [-0.39, 0.29) is 22.8 Å². The molecule has 0 aliphatic carbocycles. The number of nitrogens with zero attached hydrogens (tertiary/aromatic N) is 1. The Balaban J connectivity index is 2.02. The molecule has 27 heavy (non-hydrogen) atoms. The molecule has 0 saturated heterocycles. The third kappa shape index (κ3) is 3.98. The number of rotatable bonds is 7. The second kappa shape index (κ2) is 8.52. The number of carbonyl (C=O) groups excluding carboxylic acids is 1. The molecule has 1 aliphatic heterocycles. The summed E-state index contributed by atoms with van der Waals surface area (Å²) in [5.74, 6) is 1.56. The number of hydrogen-bond donors (Lipinski definition) is 2. The van der Waals surface area contributed by atoms with E-state index in [4.69, 9.17) is 4.74 Å². The molecule has 0 unspecified atom stereocenters. The number of ether oxygens (including phenoxy) is 1. The average Bonchev–Trinajstić information content (AvgIpc) is 2.87. The normalized spacial score (nSPS) is 16.6. The monoisotopic (exact) mass is 387 g/mol. The molecule has 7 heteroatoms. The topological polar surface area (TPSA) is 76.1 Å². The van der Waals surface area contributed by atoms with E-state index in [1.807, 2.05) is 28.9 Å². The van der Waals surface area contributed by atoms with Crippen LogP contribution in [0.15, 0.2) is 41.7 Å². The first-order valence-corrected chi connectivity index (χ1v) is 10.2. The number of nitrogens with one attached hydrogen (secondary N) is 2. The Labute approximate surface area is 163 Å². The average molecular weight is 388 g/mol. The van der Waals surface area contributed by atoms with Crippen LogP contribution in [-0.4, -0.2) is 28.0 Å². The lowest BCUT2D eigenvalue weighted by Gasteiger charge is -2.18. The van der Waals surface area contributed by atoms with Gasteiger partial charge in [0.1, 0.15) is 18.2 Å². The Hall–Kier alpha value is -2.41. The van der Waals surface area contributed by atoms with Crippen molar-refractivity contribution in [2.45, 2.75) is 38.0 Å². The van der Waals surface area contributed by atoms with Gasteiger partial charge >= 0.3 is 0 Å². The molecule has 3 rings (SSSR count). The molecule has 144 valence electrons. The minimum atomic E-state index is -0.216. The van der Waals surface area contributed by atoms with Gasteiger partial charge in [-0.1, -0.05) is 38.6 Å². The van der Waals surface area contributed by atoms with Crippen molar-refractivity contribution in [1.29, 1.82) is 0 Å². The van der Waals surface area contributed by atoms with Gasteiger partial charge in [-0.15, -0.1) is 11.8 Å². The minimum absolute atomic E-state index is 0.0895. The van der Waals surface area contributed by atoms with Gasteiger partial charge in [0.15, 0.2) is 0 Å². The highest BCUT2D eigenvalue weighted by atomic mass is 32.2. The lowest BCUT2D eigenvalue weighted by Crippen LogP contribution is -2.19. The van der Waals surface area contributed by atoms with E-state index < -0.39 is 0 Å². The second-order valence-corrected chi connectivity index (χ2v) is 7.54. The van der Waals surface area contributed by atoms with Crippen LogP contribution in [0.3, 0.4) is 0 Å². The summed E-state index contributed by atoms with van der Waals surface area (Å²) < 4.78 is 7.36. The Bertz CT molecular complexity index is 866. The third-order valence-corrected chi connectivity index (χ3v) is 5.99. The summed E-state index contributed by atoms with van der Waals surface area (Å²) in [5, 5.41) is 5.66. The fourth-order valence-electron chi connectivity index (χ4n) is 3.33. The van der Waals surface area contributed by atoms with Gasteiger partial charge in [-0.3, -0.25) is 19.4 Å². The van der Waals surface area contributed by atoms with Crippen LogP contribution in [0, 0.1) is 0 Å². The second-order valence-electron chi connectivity index (χ2n) is 6.45. The van der Waals surface area contributed by atoms with Gasteiger partial charge in [0.05, 0.1) is 22.6 Å². The largest absolute Gasteiger partial charge is 0.490 e. The predicted octanol–water partition coefficient (Wildman–Crippen LogP) is 3.88. The molecule has 6 nitrogen and oxygen atoms in total. The third-order valence-electron chi connectivity index (χ3n) is 4.72. The smallest absolute Gasteiger partial charge is 0.270 e. The maximum atomic E-state index is 12.8. The van der Waals surface area contributed by atoms with E-state index in [2.05, 4.69) is 30.8 Å². The van der Waals surface area contributed by atoms with Crippen LogP contribution in [0.1, 0.15) is 49.1 Å². The van der Waals surface area contributed by atoms with Crippen LogP contribution < -0.4 is 15.6 Å². The standard InChI is InChI=1S/C20H25N3O3S/c1-4-11-26-15-9-7-13(8-10-15)18-17-19(21-16(24)12-27-18)23(22-20(17)25)14(5-2)6-3/h4,7-10,14,18H,1,5-6,11-12H2,2-3H3,(H,21,24)(H,22,25)/t18-/m0/s1. The quantitative estimate of drug-likeness (QED) is 0.707. The summed E-state index contributed by atoms with van der Waals surface area (Å²) in [4.78, 5) is 25.1. The van der Waals surface area contributed by atoms with Crippen molar-refractivity contribution >= 4 is 23.5 Å². The molecule has 0 spiro atoms. The van der Waals surface area contributed by atoms with E-state index >= 15 is 0 Å². The number of anilines is 1. The molecule has 1 aliphatic rings. The molecule has 0 fully saturated rings. The summed E-state index contributed by atoms with van der Waals surface area (Å²) in [6.07, 6.45) is 3.44. The van der Waals surface area contributed by atoms with Gasteiger partial charge in [0, 0.05) is 0 Å². The van der Waals surface area contributed by atoms with Gasteiger partial charge in [-0.05, 0) is 30.5 Å². The number of aromatic nitrogens is 2. The van der Waals surface area contributed by atoms with Gasteiger partial charge in [-0.2, -0.15) is 0 Å². The van der Waals surface area contributed by atoms with Gasteiger partial charge in [0.2, 0.25) is 5.91 Å². The molecule has 1 amide bonds. The number of aromatic amines is 1. The van der Waals surface area contributed by atoms with Crippen LogP contribution in [0.5, 0.6) is 5.75 Å². The van der Waals surface area contributed by atoms with Crippen molar-refractivity contribution in [2.75, 3.05) is 17.7 Å². The molecule has 0 radical (unpaired) electrons. The van der Waals surface area contributed by atoms with Gasteiger partial charge < -0.3 is 10.1 Å². The number of carbonyl (C=O) groups is 1. The van der Waals surface area contributed by atoms with Gasteiger partial charge in [0.25, 0.3) is 5.56 Å². The summed E-state index contributed by atoms with van der Waals surface area (Å²) in [6, 6.07) is 7.80. The number of hydrogen-bond acceptors (Lipinski definition) is 4. The van der Waals surface area contributed by atoms with E-state index in [0.717, 1.165) is 24.2 Å². The summed E-state index contributed by atoms with van der Waals surface area (Å²) in [6.45, 7) is 8.23. The van der Waals surface area contributed by atoms with Crippen LogP contribution in [-0.2, 0) is 4.79 Å². The summed E-state index contributed by atoms with van der Waals surface area (Å²) in [7, 11) is 0. The van der Waals surface area contributed by atoms with Crippen molar-refractivity contribution in [3.05, 3.63) is 58.4 Å². The minimum Gasteiger partial charge on any atom is -0.490 e.